The number of hydrogen-bond acceptors (Lipinski definition) is 10. The van der Waals surface area contributed by atoms with Crippen molar-refractivity contribution in [2.24, 2.45) is 5.92 Å². The van der Waals surface area contributed by atoms with Crippen molar-refractivity contribution >= 4 is 37.0 Å². The van der Waals surface area contributed by atoms with Crippen LogP contribution in [0.1, 0.15) is 26.3 Å². The van der Waals surface area contributed by atoms with Crippen molar-refractivity contribution in [2.45, 2.75) is 44.1 Å². The zero-order chi connectivity index (χ0) is 26.1. The van der Waals surface area contributed by atoms with Crippen LogP contribution in [0.15, 0.2) is 36.7 Å². The summed E-state index contributed by atoms with van der Waals surface area (Å²) in [6.45, 7) is 2.48. The van der Waals surface area contributed by atoms with Crippen LogP contribution in [0.5, 0.6) is 5.75 Å². The number of nitrogens with zero attached hydrogens (tertiary/aromatic N) is 4. The van der Waals surface area contributed by atoms with Crippen molar-refractivity contribution in [1.29, 1.82) is 0 Å². The number of nitrogen functional groups attached to an aromatic ring is 1. The van der Waals surface area contributed by atoms with Crippen LogP contribution >= 0.6 is 7.75 Å². The number of nitrogens with two attached hydrogens (primary N) is 1. The summed E-state index contributed by atoms with van der Waals surface area (Å²) in [5, 5.41) is 16.3. The third-order valence-corrected chi connectivity index (χ3v) is 7.87. The maximum atomic E-state index is 15.9. The molecule has 3 aromatic rings. The first-order chi connectivity index (χ1) is 17.1. The SMILES string of the molecule is CNc1nc(N)nc2c1ncn2[C@@H]1C[C@H](CO[P@](=O)(N[C@H](C)C=O)Oc2ccccc2)[C@@H](O)[C@@]1(C)F. The Labute approximate surface area is 207 Å². The number of aldehydes is 1. The molecule has 1 saturated carbocycles. The van der Waals surface area contributed by atoms with Gasteiger partial charge in [-0.05, 0) is 32.4 Å². The van der Waals surface area contributed by atoms with E-state index < -0.39 is 37.5 Å². The second kappa shape index (κ2) is 10.1. The Morgan fingerprint density at radius 3 is 2.78 bits per heavy atom. The number of anilines is 2. The molecule has 2 heterocycles. The first-order valence-electron chi connectivity index (χ1n) is 11.3. The van der Waals surface area contributed by atoms with E-state index in [0.717, 1.165) is 0 Å². The van der Waals surface area contributed by atoms with Crippen LogP contribution in [0.2, 0.25) is 0 Å². The lowest BCUT2D eigenvalue weighted by atomic mass is 9.98. The molecule has 0 spiro atoms. The summed E-state index contributed by atoms with van der Waals surface area (Å²) in [6.07, 6.45) is 0.638. The molecule has 2 aromatic heterocycles. The summed E-state index contributed by atoms with van der Waals surface area (Å²) in [7, 11) is -2.40. The molecule has 0 aliphatic heterocycles. The molecule has 1 aliphatic rings. The Balaban J connectivity index is 1.57. The highest BCUT2D eigenvalue weighted by Gasteiger charge is 2.54. The number of alkyl halides is 1. The molecule has 14 heteroatoms. The minimum atomic E-state index is -4.05. The van der Waals surface area contributed by atoms with Crippen LogP contribution in [0, 0.1) is 5.92 Å². The molecular weight excluding hydrogens is 492 g/mol. The molecule has 0 bridgehead atoms. The average Bonchev–Trinajstić information content (AvgIpc) is 3.35. The first kappa shape index (κ1) is 26.0. The predicted octanol–water partition coefficient (Wildman–Crippen LogP) is 2.48. The van der Waals surface area contributed by atoms with Crippen LogP contribution in [0.3, 0.4) is 0 Å². The van der Waals surface area contributed by atoms with Gasteiger partial charge in [-0.15, -0.1) is 0 Å². The van der Waals surface area contributed by atoms with E-state index in [1.807, 2.05) is 0 Å². The van der Waals surface area contributed by atoms with Crippen molar-refractivity contribution in [3.63, 3.8) is 0 Å². The number of rotatable bonds is 10. The molecule has 194 valence electrons. The van der Waals surface area contributed by atoms with E-state index in [1.54, 1.807) is 37.4 Å². The van der Waals surface area contributed by atoms with E-state index in [4.69, 9.17) is 14.8 Å². The van der Waals surface area contributed by atoms with Gasteiger partial charge in [0.05, 0.1) is 31.1 Å². The van der Waals surface area contributed by atoms with Gasteiger partial charge in [-0.3, -0.25) is 4.52 Å². The molecular formula is C22H29FN7O5P. The van der Waals surface area contributed by atoms with Gasteiger partial charge < -0.3 is 30.0 Å². The Hall–Kier alpha value is -3.12. The number of aromatic nitrogens is 4. The molecule has 0 unspecified atom stereocenters. The molecule has 0 amide bonds. The van der Waals surface area contributed by atoms with Crippen LogP contribution in [0.4, 0.5) is 16.2 Å². The molecule has 0 saturated heterocycles. The summed E-state index contributed by atoms with van der Waals surface area (Å²) < 4.78 is 42.0. The number of benzene rings is 1. The van der Waals surface area contributed by atoms with Gasteiger partial charge in [-0.2, -0.15) is 9.97 Å². The highest BCUT2D eigenvalue weighted by molar-refractivity contribution is 7.52. The number of hydrogen-bond donors (Lipinski definition) is 4. The van der Waals surface area contributed by atoms with Gasteiger partial charge in [0.15, 0.2) is 22.7 Å². The fraction of sp³-hybridized carbons (Fsp3) is 0.455. The van der Waals surface area contributed by atoms with E-state index >= 15 is 4.39 Å². The summed E-state index contributed by atoms with van der Waals surface area (Å²) in [5.74, 6) is -0.118. The van der Waals surface area contributed by atoms with Crippen LogP contribution < -0.4 is 20.7 Å². The van der Waals surface area contributed by atoms with Gasteiger partial charge in [-0.1, -0.05) is 18.2 Å². The number of imidazole rings is 1. The molecule has 5 N–H and O–H groups in total. The van der Waals surface area contributed by atoms with Crippen molar-refractivity contribution < 1.29 is 27.9 Å². The zero-order valence-electron chi connectivity index (χ0n) is 20.0. The number of aliphatic hydroxyl groups excluding tert-OH is 1. The van der Waals surface area contributed by atoms with Gasteiger partial charge >= 0.3 is 7.75 Å². The summed E-state index contributed by atoms with van der Waals surface area (Å²) in [5.41, 5.74) is 4.43. The highest BCUT2D eigenvalue weighted by atomic mass is 31.2. The van der Waals surface area contributed by atoms with Gasteiger partial charge in [0.25, 0.3) is 0 Å². The second-order valence-corrected chi connectivity index (χ2v) is 10.6. The largest absolute Gasteiger partial charge is 0.459 e. The lowest BCUT2D eigenvalue weighted by molar-refractivity contribution is -0.109. The molecule has 36 heavy (non-hydrogen) atoms. The van der Waals surface area contributed by atoms with Crippen LogP contribution in [0.25, 0.3) is 11.2 Å². The van der Waals surface area contributed by atoms with Gasteiger partial charge in [0.1, 0.15) is 12.0 Å². The van der Waals surface area contributed by atoms with Crippen molar-refractivity contribution in [3.05, 3.63) is 36.7 Å². The van der Waals surface area contributed by atoms with E-state index in [9.17, 15) is 14.5 Å². The lowest BCUT2D eigenvalue weighted by Crippen LogP contribution is -2.39. The van der Waals surface area contributed by atoms with E-state index in [2.05, 4.69) is 25.4 Å². The molecule has 1 aromatic carbocycles. The quantitative estimate of drug-likeness (QED) is 0.229. The Morgan fingerprint density at radius 1 is 1.39 bits per heavy atom. The number of nitrogens with one attached hydrogen (secondary N) is 2. The lowest BCUT2D eigenvalue weighted by Gasteiger charge is -2.27. The van der Waals surface area contributed by atoms with Crippen molar-refractivity contribution in [1.82, 2.24) is 24.6 Å². The first-order valence-corrected chi connectivity index (χ1v) is 12.9. The molecule has 4 rings (SSSR count). The maximum absolute atomic E-state index is 15.9. The third-order valence-electron chi connectivity index (χ3n) is 6.21. The highest BCUT2D eigenvalue weighted by Crippen LogP contribution is 2.50. The fourth-order valence-corrected chi connectivity index (χ4v) is 5.89. The number of carbonyl (C=O) groups is 1. The summed E-state index contributed by atoms with van der Waals surface area (Å²) in [6, 6.07) is 6.59. The number of aliphatic hydroxyl groups is 1. The third kappa shape index (κ3) is 5.05. The van der Waals surface area contributed by atoms with E-state index in [1.165, 1.54) is 24.7 Å². The molecule has 6 atom stereocenters. The smallest absolute Gasteiger partial charge is 0.413 e. The fourth-order valence-electron chi connectivity index (χ4n) is 4.37. The standard InChI is InChI=1S/C22H29FN7O5P/c1-13(10-31)29-36(33,35-15-7-5-4-6-8-15)34-11-14-9-16(22(2,23)18(14)32)30-12-26-17-19(25-3)27-21(24)28-20(17)30/h4-8,10,12-14,16,18,32H,9,11H2,1-3H3,(H,29,33)(H3,24,25,27,28)/t13-,14-,16-,18-,22+,36-/m1/s1. The zero-order valence-corrected chi connectivity index (χ0v) is 20.9. The van der Waals surface area contributed by atoms with Crippen LogP contribution in [-0.4, -0.2) is 62.4 Å². The average molecular weight is 521 g/mol. The van der Waals surface area contributed by atoms with Gasteiger partial charge in [0, 0.05) is 13.0 Å². The van der Waals surface area contributed by atoms with Gasteiger partial charge in [-0.25, -0.2) is 19.0 Å². The Morgan fingerprint density at radius 2 is 2.11 bits per heavy atom. The monoisotopic (exact) mass is 521 g/mol. The number of halogens is 1. The maximum Gasteiger partial charge on any atom is 0.459 e. The number of fused-ring (bicyclic) bond motifs is 1. The van der Waals surface area contributed by atoms with Crippen LogP contribution in [-0.2, 0) is 13.9 Å². The predicted molar refractivity (Wildman–Crippen MR) is 131 cm³/mol. The van der Waals surface area contributed by atoms with Crippen molar-refractivity contribution in [2.75, 3.05) is 24.7 Å². The molecule has 12 nitrogen and oxygen atoms in total. The van der Waals surface area contributed by atoms with E-state index in [-0.39, 0.29) is 24.7 Å². The topological polar surface area (TPSA) is 167 Å². The Kier molecular flexibility index (Phi) is 7.28. The van der Waals surface area contributed by atoms with E-state index in [0.29, 0.717) is 23.3 Å². The number of carbonyl (C=O) groups excluding carboxylic acids is 1. The normalized spacial score (nSPS) is 26.4. The van der Waals surface area contributed by atoms with Crippen molar-refractivity contribution in [3.8, 4) is 5.75 Å². The molecule has 0 radical (unpaired) electrons. The minimum absolute atomic E-state index is 0.0121. The second-order valence-electron chi connectivity index (χ2n) is 8.86. The minimum Gasteiger partial charge on any atom is -0.413 e. The molecule has 1 aliphatic carbocycles. The summed E-state index contributed by atoms with van der Waals surface area (Å²) >= 11 is 0. The summed E-state index contributed by atoms with van der Waals surface area (Å²) in [4.78, 5) is 23.8. The molecule has 1 fully saturated rings. The van der Waals surface area contributed by atoms with Gasteiger partial charge in [0.2, 0.25) is 5.95 Å². The Bertz CT molecular complexity index is 1270. The number of para-hydroxylation sites is 1.